The molecule has 0 aliphatic carbocycles. The summed E-state index contributed by atoms with van der Waals surface area (Å²) < 4.78 is 11.2. The Morgan fingerprint density at radius 2 is 2.00 bits per heavy atom. The van der Waals surface area contributed by atoms with E-state index in [4.69, 9.17) is 21.1 Å². The number of rotatable bonds is 5. The molecule has 2 fully saturated rings. The topological polar surface area (TPSA) is 49.3 Å². The first-order valence-corrected chi connectivity index (χ1v) is 9.30. The second-order valence-corrected chi connectivity index (χ2v) is 6.75. The molecule has 0 spiro atoms. The molecule has 0 amide bonds. The van der Waals surface area contributed by atoms with Gasteiger partial charge in [-0.25, -0.2) is 0 Å². The Balaban J connectivity index is 0.00000243. The molecule has 1 N–H and O–H groups in total. The molecule has 2 aliphatic rings. The third kappa shape index (κ3) is 6.14. The van der Waals surface area contributed by atoms with Crippen LogP contribution in [0.1, 0.15) is 6.42 Å². The van der Waals surface area contributed by atoms with Crippen molar-refractivity contribution in [3.63, 3.8) is 0 Å². The summed E-state index contributed by atoms with van der Waals surface area (Å²) in [6.45, 7) is 7.16. The molecule has 2 heterocycles. The van der Waals surface area contributed by atoms with E-state index in [0.29, 0.717) is 19.2 Å². The Morgan fingerprint density at radius 1 is 1.27 bits per heavy atom. The number of guanidine groups is 1. The SMILES string of the molecule is CN=C(NCCOc1ccc(Cl)cc1)N1CCC(N2CCOCC2)C1.I. The summed E-state index contributed by atoms with van der Waals surface area (Å²) >= 11 is 5.87. The average molecular weight is 495 g/mol. The lowest BCUT2D eigenvalue weighted by Gasteiger charge is -2.32. The van der Waals surface area contributed by atoms with Gasteiger partial charge in [0.1, 0.15) is 12.4 Å². The summed E-state index contributed by atoms with van der Waals surface area (Å²) in [5.41, 5.74) is 0. The lowest BCUT2D eigenvalue weighted by Crippen LogP contribution is -2.47. The Kier molecular flexibility index (Phi) is 9.24. The van der Waals surface area contributed by atoms with Gasteiger partial charge in [0.05, 0.1) is 19.8 Å². The predicted octanol–water partition coefficient (Wildman–Crippen LogP) is 2.32. The molecule has 0 bridgehead atoms. The smallest absolute Gasteiger partial charge is 0.193 e. The van der Waals surface area contributed by atoms with Crippen LogP contribution in [0.3, 0.4) is 0 Å². The fraction of sp³-hybridized carbons (Fsp3) is 0.611. The molecule has 26 heavy (non-hydrogen) atoms. The molecule has 1 atom stereocenters. The van der Waals surface area contributed by atoms with Crippen LogP contribution in [0.2, 0.25) is 5.02 Å². The van der Waals surface area contributed by atoms with Gasteiger partial charge in [0.2, 0.25) is 0 Å². The first-order valence-electron chi connectivity index (χ1n) is 8.92. The van der Waals surface area contributed by atoms with E-state index < -0.39 is 0 Å². The minimum Gasteiger partial charge on any atom is -0.492 e. The molecule has 0 saturated carbocycles. The zero-order valence-corrected chi connectivity index (χ0v) is 18.3. The van der Waals surface area contributed by atoms with Crippen LogP contribution in [0.25, 0.3) is 0 Å². The molecule has 0 aromatic heterocycles. The van der Waals surface area contributed by atoms with Gasteiger partial charge in [-0.2, -0.15) is 0 Å². The van der Waals surface area contributed by atoms with E-state index in [1.165, 1.54) is 6.42 Å². The molecule has 8 heteroatoms. The number of hydrogen-bond donors (Lipinski definition) is 1. The zero-order valence-electron chi connectivity index (χ0n) is 15.2. The third-order valence-corrected chi connectivity index (χ3v) is 4.96. The molecule has 2 saturated heterocycles. The monoisotopic (exact) mass is 494 g/mol. The van der Waals surface area contributed by atoms with Crippen molar-refractivity contribution in [2.24, 2.45) is 4.99 Å². The normalized spacial score (nSPS) is 21.4. The highest BCUT2D eigenvalue weighted by Crippen LogP contribution is 2.17. The number of halogens is 2. The van der Waals surface area contributed by atoms with Gasteiger partial charge in [-0.1, -0.05) is 11.6 Å². The molecule has 1 aromatic carbocycles. The minimum atomic E-state index is 0. The Morgan fingerprint density at radius 3 is 2.69 bits per heavy atom. The van der Waals surface area contributed by atoms with Crippen LogP contribution < -0.4 is 10.1 Å². The van der Waals surface area contributed by atoms with Crippen molar-refractivity contribution in [3.8, 4) is 5.75 Å². The van der Waals surface area contributed by atoms with E-state index in [0.717, 1.165) is 56.1 Å². The van der Waals surface area contributed by atoms with Gasteiger partial charge in [-0.3, -0.25) is 9.89 Å². The molecule has 1 aromatic rings. The second kappa shape index (κ2) is 11.2. The zero-order chi connectivity index (χ0) is 17.5. The summed E-state index contributed by atoms with van der Waals surface area (Å²) in [6.07, 6.45) is 1.18. The van der Waals surface area contributed by atoms with Crippen molar-refractivity contribution in [3.05, 3.63) is 29.3 Å². The van der Waals surface area contributed by atoms with E-state index in [-0.39, 0.29) is 24.0 Å². The van der Waals surface area contributed by atoms with Gasteiger partial charge in [0.15, 0.2) is 5.96 Å². The van der Waals surface area contributed by atoms with Crippen LogP contribution in [0, 0.1) is 0 Å². The Labute approximate surface area is 177 Å². The highest BCUT2D eigenvalue weighted by atomic mass is 127. The van der Waals surface area contributed by atoms with Crippen LogP contribution in [-0.4, -0.2) is 81.4 Å². The second-order valence-electron chi connectivity index (χ2n) is 6.31. The van der Waals surface area contributed by atoms with Crippen molar-refractivity contribution in [1.29, 1.82) is 0 Å². The highest BCUT2D eigenvalue weighted by Gasteiger charge is 2.30. The van der Waals surface area contributed by atoms with Crippen LogP contribution in [0.5, 0.6) is 5.75 Å². The fourth-order valence-corrected chi connectivity index (χ4v) is 3.50. The Bertz CT molecular complexity index is 567. The van der Waals surface area contributed by atoms with Crippen LogP contribution in [0.4, 0.5) is 0 Å². The van der Waals surface area contributed by atoms with Gasteiger partial charge in [-0.05, 0) is 30.7 Å². The lowest BCUT2D eigenvalue weighted by atomic mass is 10.2. The molecule has 2 aliphatic heterocycles. The number of aliphatic imine (C=N–C) groups is 1. The first kappa shape index (κ1) is 21.5. The van der Waals surface area contributed by atoms with E-state index in [1.54, 1.807) is 0 Å². The third-order valence-electron chi connectivity index (χ3n) is 4.70. The van der Waals surface area contributed by atoms with Crippen molar-refractivity contribution >= 4 is 41.5 Å². The maximum Gasteiger partial charge on any atom is 0.193 e. The van der Waals surface area contributed by atoms with Crippen LogP contribution in [0.15, 0.2) is 29.3 Å². The molecule has 6 nitrogen and oxygen atoms in total. The van der Waals surface area contributed by atoms with Gasteiger partial charge in [0.25, 0.3) is 0 Å². The van der Waals surface area contributed by atoms with Gasteiger partial charge in [0, 0.05) is 44.3 Å². The molecular weight excluding hydrogens is 467 g/mol. The van der Waals surface area contributed by atoms with Gasteiger partial charge in [-0.15, -0.1) is 24.0 Å². The number of likely N-dealkylation sites (tertiary alicyclic amines) is 1. The summed E-state index contributed by atoms with van der Waals surface area (Å²) in [7, 11) is 1.84. The van der Waals surface area contributed by atoms with Gasteiger partial charge < -0.3 is 19.7 Å². The molecule has 3 rings (SSSR count). The fourth-order valence-electron chi connectivity index (χ4n) is 3.37. The summed E-state index contributed by atoms with van der Waals surface area (Å²) in [5, 5.41) is 4.12. The minimum absolute atomic E-state index is 0. The van der Waals surface area contributed by atoms with Crippen molar-refractivity contribution < 1.29 is 9.47 Å². The molecule has 0 radical (unpaired) electrons. The van der Waals surface area contributed by atoms with Gasteiger partial charge >= 0.3 is 0 Å². The van der Waals surface area contributed by atoms with E-state index >= 15 is 0 Å². The number of morpholine rings is 1. The number of nitrogens with zero attached hydrogens (tertiary/aromatic N) is 3. The average Bonchev–Trinajstić information content (AvgIpc) is 3.14. The van der Waals surface area contributed by atoms with E-state index in [9.17, 15) is 0 Å². The number of hydrogen-bond acceptors (Lipinski definition) is 4. The van der Waals surface area contributed by atoms with E-state index in [1.807, 2.05) is 31.3 Å². The molecular formula is C18H28ClIN4O2. The van der Waals surface area contributed by atoms with Crippen LogP contribution >= 0.6 is 35.6 Å². The van der Waals surface area contributed by atoms with Crippen LogP contribution in [-0.2, 0) is 4.74 Å². The number of nitrogens with one attached hydrogen (secondary N) is 1. The molecule has 1 unspecified atom stereocenters. The maximum absolute atomic E-state index is 5.87. The maximum atomic E-state index is 5.87. The quantitative estimate of drug-likeness (QED) is 0.295. The standard InChI is InChI=1S/C18H27ClN4O2.HI/c1-20-18(21-7-11-25-17-4-2-15(19)3-5-17)23-8-6-16(14-23)22-9-12-24-13-10-22;/h2-5,16H,6-14H2,1H3,(H,20,21);1H. The van der Waals surface area contributed by atoms with Crippen molar-refractivity contribution in [2.75, 3.05) is 59.6 Å². The highest BCUT2D eigenvalue weighted by molar-refractivity contribution is 14.0. The summed E-state index contributed by atoms with van der Waals surface area (Å²) in [4.78, 5) is 9.30. The number of benzene rings is 1. The van der Waals surface area contributed by atoms with Crippen molar-refractivity contribution in [1.82, 2.24) is 15.1 Å². The Hall–Kier alpha value is -0.770. The van der Waals surface area contributed by atoms with E-state index in [2.05, 4.69) is 20.1 Å². The summed E-state index contributed by atoms with van der Waals surface area (Å²) in [6, 6.07) is 8.03. The molecule has 146 valence electrons. The largest absolute Gasteiger partial charge is 0.492 e. The summed E-state index contributed by atoms with van der Waals surface area (Å²) in [5.74, 6) is 1.78. The van der Waals surface area contributed by atoms with Crippen molar-refractivity contribution in [2.45, 2.75) is 12.5 Å². The first-order chi connectivity index (χ1) is 12.3. The lowest BCUT2D eigenvalue weighted by molar-refractivity contribution is 0.0195. The predicted molar refractivity (Wildman–Crippen MR) is 116 cm³/mol. The number of ether oxygens (including phenoxy) is 2.